The highest BCUT2D eigenvalue weighted by atomic mass is 16.6. The molecule has 0 fully saturated rings. The van der Waals surface area contributed by atoms with Crippen LogP contribution in [0, 0.1) is 10.1 Å². The second-order valence-corrected chi connectivity index (χ2v) is 8.00. The first-order valence-electron chi connectivity index (χ1n) is 11.0. The van der Waals surface area contributed by atoms with Gasteiger partial charge in [0, 0.05) is 24.2 Å². The Hall–Kier alpha value is -5.13. The fourth-order valence-electron chi connectivity index (χ4n) is 3.80. The fourth-order valence-corrected chi connectivity index (χ4v) is 3.80. The zero-order valence-corrected chi connectivity index (χ0v) is 18.9. The molecule has 12 nitrogen and oxygen atoms in total. The first-order chi connectivity index (χ1) is 17.5. The minimum absolute atomic E-state index is 0.0455. The standard InChI is InChI=1S/C24H20N8O4/c33-23(21-12-20(28-29-21)17-6-2-1-3-7-17)25-9-10-31-22-19(13-27-31)24(34)30(15-26-22)14-16-5-4-8-18(11-16)32(35)36/h1-8,11-13,15H,9-10,14H2,(H,25,33)(H,28,29). The SMILES string of the molecule is O=C(NCCn1ncc2c(=O)n(Cc3cccc([N+](=O)[O-])c3)cnc21)c1cc(-c2ccccc2)n[nH]1. The van der Waals surface area contributed by atoms with E-state index in [1.165, 1.54) is 33.9 Å². The predicted octanol–water partition coefficient (Wildman–Crippen LogP) is 2.37. The van der Waals surface area contributed by atoms with Crippen LogP contribution in [0.25, 0.3) is 22.3 Å². The van der Waals surface area contributed by atoms with E-state index in [1.807, 2.05) is 30.3 Å². The number of benzene rings is 2. The number of H-pyrrole nitrogens is 1. The summed E-state index contributed by atoms with van der Waals surface area (Å²) < 4.78 is 2.91. The highest BCUT2D eigenvalue weighted by molar-refractivity contribution is 5.93. The van der Waals surface area contributed by atoms with Crippen LogP contribution in [0.2, 0.25) is 0 Å². The molecule has 0 radical (unpaired) electrons. The number of hydrogen-bond donors (Lipinski definition) is 2. The maximum Gasteiger partial charge on any atom is 0.269 e. The van der Waals surface area contributed by atoms with Gasteiger partial charge in [-0.25, -0.2) is 9.67 Å². The fraction of sp³-hybridized carbons (Fsp3) is 0.125. The Morgan fingerprint density at radius 1 is 1.11 bits per heavy atom. The van der Waals surface area contributed by atoms with Crippen molar-refractivity contribution in [3.8, 4) is 11.3 Å². The summed E-state index contributed by atoms with van der Waals surface area (Å²) in [6.45, 7) is 0.698. The maximum absolute atomic E-state index is 12.9. The molecule has 0 aliphatic carbocycles. The summed E-state index contributed by atoms with van der Waals surface area (Å²) in [5.74, 6) is -0.312. The normalized spacial score (nSPS) is 11.0. The molecule has 2 aromatic carbocycles. The lowest BCUT2D eigenvalue weighted by Gasteiger charge is -2.07. The monoisotopic (exact) mass is 484 g/mol. The third-order valence-electron chi connectivity index (χ3n) is 5.60. The van der Waals surface area contributed by atoms with E-state index in [9.17, 15) is 19.7 Å². The number of aromatic nitrogens is 6. The molecule has 0 saturated carbocycles. The molecule has 12 heteroatoms. The quantitative estimate of drug-likeness (QED) is 0.253. The number of fused-ring (bicyclic) bond motifs is 1. The van der Waals surface area contributed by atoms with Crippen LogP contribution >= 0.6 is 0 Å². The largest absolute Gasteiger partial charge is 0.349 e. The average Bonchev–Trinajstić information content (AvgIpc) is 3.55. The highest BCUT2D eigenvalue weighted by Crippen LogP contribution is 2.17. The van der Waals surface area contributed by atoms with Gasteiger partial charge in [0.05, 0.1) is 29.9 Å². The van der Waals surface area contributed by atoms with Gasteiger partial charge in [-0.15, -0.1) is 0 Å². The van der Waals surface area contributed by atoms with Gasteiger partial charge in [-0.3, -0.25) is 29.4 Å². The molecular weight excluding hydrogens is 464 g/mol. The van der Waals surface area contributed by atoms with Crippen molar-refractivity contribution in [3.05, 3.63) is 105 Å². The number of hydrogen-bond acceptors (Lipinski definition) is 7. The minimum Gasteiger partial charge on any atom is -0.349 e. The van der Waals surface area contributed by atoms with Crippen molar-refractivity contribution in [1.29, 1.82) is 0 Å². The summed E-state index contributed by atoms with van der Waals surface area (Å²) >= 11 is 0. The number of non-ortho nitro benzene ring substituents is 1. The van der Waals surface area contributed by atoms with E-state index < -0.39 is 4.92 Å². The zero-order valence-electron chi connectivity index (χ0n) is 18.9. The molecule has 0 aliphatic heterocycles. The highest BCUT2D eigenvalue weighted by Gasteiger charge is 2.14. The second kappa shape index (κ2) is 9.62. The van der Waals surface area contributed by atoms with Crippen molar-refractivity contribution in [2.24, 2.45) is 0 Å². The molecule has 5 rings (SSSR count). The van der Waals surface area contributed by atoms with Gasteiger partial charge < -0.3 is 5.32 Å². The maximum atomic E-state index is 12.9. The molecule has 0 saturated heterocycles. The second-order valence-electron chi connectivity index (χ2n) is 8.00. The Morgan fingerprint density at radius 2 is 1.94 bits per heavy atom. The minimum atomic E-state index is -0.481. The summed E-state index contributed by atoms with van der Waals surface area (Å²) in [5.41, 5.74) is 2.54. The Morgan fingerprint density at radius 3 is 2.75 bits per heavy atom. The van der Waals surface area contributed by atoms with E-state index >= 15 is 0 Å². The summed E-state index contributed by atoms with van der Waals surface area (Å²) in [5, 5.41) is 25.3. The van der Waals surface area contributed by atoms with Crippen LogP contribution in [-0.2, 0) is 13.1 Å². The lowest BCUT2D eigenvalue weighted by atomic mass is 10.1. The summed E-state index contributed by atoms with van der Waals surface area (Å²) in [6.07, 6.45) is 2.81. The zero-order chi connectivity index (χ0) is 25.1. The molecular formula is C24H20N8O4. The molecule has 5 aromatic rings. The van der Waals surface area contributed by atoms with Crippen LogP contribution in [0.3, 0.4) is 0 Å². The summed E-state index contributed by atoms with van der Waals surface area (Å²) in [4.78, 5) is 40.3. The van der Waals surface area contributed by atoms with Gasteiger partial charge in [-0.1, -0.05) is 42.5 Å². The Bertz CT molecular complexity index is 1620. The molecule has 3 heterocycles. The number of carbonyl (C=O) groups excluding carboxylic acids is 1. The van der Waals surface area contributed by atoms with Crippen LogP contribution in [0.4, 0.5) is 5.69 Å². The van der Waals surface area contributed by atoms with Gasteiger partial charge in [-0.05, 0) is 11.6 Å². The van der Waals surface area contributed by atoms with Gasteiger partial charge in [0.25, 0.3) is 17.2 Å². The van der Waals surface area contributed by atoms with Crippen LogP contribution in [0.1, 0.15) is 16.1 Å². The predicted molar refractivity (Wildman–Crippen MR) is 130 cm³/mol. The summed E-state index contributed by atoms with van der Waals surface area (Å²) in [6, 6.07) is 17.3. The number of carbonyl (C=O) groups is 1. The molecule has 0 unspecified atom stereocenters. The number of nitrogens with zero attached hydrogens (tertiary/aromatic N) is 6. The van der Waals surface area contributed by atoms with Crippen molar-refractivity contribution in [3.63, 3.8) is 0 Å². The molecule has 180 valence electrons. The van der Waals surface area contributed by atoms with Gasteiger partial charge in [-0.2, -0.15) is 10.2 Å². The number of amides is 1. The first-order valence-corrected chi connectivity index (χ1v) is 11.0. The van der Waals surface area contributed by atoms with E-state index in [2.05, 4.69) is 25.6 Å². The molecule has 0 atom stereocenters. The van der Waals surface area contributed by atoms with Crippen molar-refractivity contribution < 1.29 is 9.72 Å². The molecule has 3 aromatic heterocycles. The number of rotatable bonds is 8. The van der Waals surface area contributed by atoms with Crippen molar-refractivity contribution in [2.75, 3.05) is 6.54 Å². The number of nitrogens with one attached hydrogen (secondary N) is 2. The van der Waals surface area contributed by atoms with Crippen LogP contribution in [0.5, 0.6) is 0 Å². The van der Waals surface area contributed by atoms with Gasteiger partial charge in [0.2, 0.25) is 0 Å². The smallest absolute Gasteiger partial charge is 0.269 e. The van der Waals surface area contributed by atoms with E-state index in [1.54, 1.807) is 18.2 Å². The number of aromatic amines is 1. The molecule has 0 spiro atoms. The third kappa shape index (κ3) is 4.59. The van der Waals surface area contributed by atoms with E-state index in [4.69, 9.17) is 0 Å². The van der Waals surface area contributed by atoms with Crippen molar-refractivity contribution in [2.45, 2.75) is 13.1 Å². The van der Waals surface area contributed by atoms with Gasteiger partial charge in [0.1, 0.15) is 17.4 Å². The Labute approximate surface area is 203 Å². The van der Waals surface area contributed by atoms with E-state index in [-0.39, 0.29) is 30.2 Å². The molecule has 0 aliphatic rings. The van der Waals surface area contributed by atoms with Crippen LogP contribution in [-0.4, -0.2) is 46.9 Å². The Balaban J connectivity index is 1.24. The molecule has 1 amide bonds. The Kier molecular flexibility index (Phi) is 6.05. The molecule has 2 N–H and O–H groups in total. The van der Waals surface area contributed by atoms with Gasteiger partial charge >= 0.3 is 0 Å². The summed E-state index contributed by atoms with van der Waals surface area (Å²) in [7, 11) is 0. The average molecular weight is 484 g/mol. The molecule has 0 bridgehead atoms. The van der Waals surface area contributed by atoms with Crippen LogP contribution in [0.15, 0.2) is 78.0 Å². The lowest BCUT2D eigenvalue weighted by molar-refractivity contribution is -0.384. The van der Waals surface area contributed by atoms with E-state index in [0.29, 0.717) is 34.5 Å². The van der Waals surface area contributed by atoms with Gasteiger partial charge in [0.15, 0.2) is 5.65 Å². The lowest BCUT2D eigenvalue weighted by Crippen LogP contribution is -2.28. The third-order valence-corrected chi connectivity index (χ3v) is 5.60. The van der Waals surface area contributed by atoms with Crippen molar-refractivity contribution >= 4 is 22.6 Å². The number of nitro benzene ring substituents is 1. The van der Waals surface area contributed by atoms with Crippen molar-refractivity contribution in [1.82, 2.24) is 34.8 Å². The topological polar surface area (TPSA) is 154 Å². The van der Waals surface area contributed by atoms with E-state index in [0.717, 1.165) is 5.56 Å². The first kappa shape index (κ1) is 22.7. The molecule has 36 heavy (non-hydrogen) atoms. The number of nitro groups is 1. The van der Waals surface area contributed by atoms with Crippen LogP contribution < -0.4 is 10.9 Å².